The lowest BCUT2D eigenvalue weighted by Crippen LogP contribution is -2.36. The zero-order chi connectivity index (χ0) is 12.6. The van der Waals surface area contributed by atoms with Gasteiger partial charge in [0.15, 0.2) is 0 Å². The van der Waals surface area contributed by atoms with Crippen molar-refractivity contribution in [2.45, 2.75) is 25.9 Å². The van der Waals surface area contributed by atoms with Gasteiger partial charge in [-0.25, -0.2) is 0 Å². The summed E-state index contributed by atoms with van der Waals surface area (Å²) in [7, 11) is 3.76. The fraction of sp³-hybridized carbons (Fsp3) is 0.636. The fourth-order valence-electron chi connectivity index (χ4n) is 2.10. The van der Waals surface area contributed by atoms with Crippen LogP contribution in [0.3, 0.4) is 0 Å². The molecule has 1 unspecified atom stereocenters. The van der Waals surface area contributed by atoms with Crippen LogP contribution in [-0.2, 0) is 18.4 Å². The summed E-state index contributed by atoms with van der Waals surface area (Å²) in [4.78, 5) is 13.5. The quantitative estimate of drug-likeness (QED) is 0.899. The molecular weight excluding hydrogens is 284 g/mol. The molecule has 1 saturated heterocycles. The average Bonchev–Trinajstić information content (AvgIpc) is 2.71. The molecule has 1 aliphatic heterocycles. The van der Waals surface area contributed by atoms with Crippen LogP contribution < -0.4 is 5.32 Å². The number of likely N-dealkylation sites (tertiary alicyclic amines) is 1. The number of likely N-dealkylation sites (N-methyl/N-ethyl adjacent to an activating group) is 1. The third-order valence-electron chi connectivity index (χ3n) is 3.21. The van der Waals surface area contributed by atoms with Crippen LogP contribution in [0.1, 0.15) is 17.8 Å². The first kappa shape index (κ1) is 12.6. The summed E-state index contributed by atoms with van der Waals surface area (Å²) < 4.78 is 2.86. The van der Waals surface area contributed by atoms with Crippen LogP contribution in [-0.4, -0.2) is 40.2 Å². The predicted molar refractivity (Wildman–Crippen MR) is 68.5 cm³/mol. The highest BCUT2D eigenvalue weighted by Crippen LogP contribution is 2.20. The highest BCUT2D eigenvalue weighted by atomic mass is 79.9. The first-order valence-corrected chi connectivity index (χ1v) is 6.46. The number of carbonyl (C=O) groups excluding carboxylic acids is 1. The molecule has 1 fully saturated rings. The molecule has 6 heteroatoms. The van der Waals surface area contributed by atoms with Gasteiger partial charge in [0, 0.05) is 27.2 Å². The minimum absolute atomic E-state index is 0.0536. The molecule has 2 heterocycles. The van der Waals surface area contributed by atoms with Crippen LogP contribution >= 0.6 is 15.9 Å². The molecule has 0 aliphatic carbocycles. The van der Waals surface area contributed by atoms with Crippen molar-refractivity contribution < 1.29 is 4.79 Å². The van der Waals surface area contributed by atoms with Gasteiger partial charge in [-0.05, 0) is 29.3 Å². The Bertz CT molecular complexity index is 443. The van der Waals surface area contributed by atoms with E-state index in [0.29, 0.717) is 6.54 Å². The van der Waals surface area contributed by atoms with E-state index in [2.05, 4.69) is 26.3 Å². The number of nitrogens with one attached hydrogen (secondary N) is 1. The van der Waals surface area contributed by atoms with Gasteiger partial charge in [-0.2, -0.15) is 5.10 Å². The Balaban J connectivity index is 2.01. The molecule has 0 saturated carbocycles. The lowest BCUT2D eigenvalue weighted by Gasteiger charge is -2.12. The van der Waals surface area contributed by atoms with Gasteiger partial charge in [-0.15, -0.1) is 0 Å². The second-order valence-electron chi connectivity index (χ2n) is 4.45. The summed E-state index contributed by atoms with van der Waals surface area (Å²) in [5, 5.41) is 7.62. The largest absolute Gasteiger partial charge is 0.344 e. The summed E-state index contributed by atoms with van der Waals surface area (Å²) in [5.74, 6) is 0.181. The van der Waals surface area contributed by atoms with Crippen LogP contribution in [0.5, 0.6) is 0 Å². The summed E-state index contributed by atoms with van der Waals surface area (Å²) in [6, 6.07) is -0.0536. The zero-order valence-electron chi connectivity index (χ0n) is 10.3. The molecule has 94 valence electrons. The van der Waals surface area contributed by atoms with E-state index in [1.54, 1.807) is 4.90 Å². The van der Waals surface area contributed by atoms with Gasteiger partial charge >= 0.3 is 0 Å². The summed E-state index contributed by atoms with van der Waals surface area (Å²) in [6.07, 6.45) is 0.879. The Morgan fingerprint density at radius 3 is 2.71 bits per heavy atom. The van der Waals surface area contributed by atoms with Crippen LogP contribution in [0, 0.1) is 6.92 Å². The van der Waals surface area contributed by atoms with E-state index in [4.69, 9.17) is 0 Å². The molecule has 1 aliphatic rings. The molecule has 1 aromatic heterocycles. The highest BCUT2D eigenvalue weighted by molar-refractivity contribution is 9.10. The number of nitrogens with zero attached hydrogens (tertiary/aromatic N) is 3. The number of carbonyl (C=O) groups is 1. The van der Waals surface area contributed by atoms with Gasteiger partial charge in [0.25, 0.3) is 0 Å². The molecule has 2 rings (SSSR count). The Kier molecular flexibility index (Phi) is 3.53. The van der Waals surface area contributed by atoms with E-state index >= 15 is 0 Å². The SMILES string of the molecule is Cc1nn(C)c(CNC2CCN(C)C2=O)c1Br. The van der Waals surface area contributed by atoms with Crippen molar-refractivity contribution in [3.8, 4) is 0 Å². The van der Waals surface area contributed by atoms with Gasteiger partial charge in [0.2, 0.25) is 5.91 Å². The van der Waals surface area contributed by atoms with E-state index in [9.17, 15) is 4.79 Å². The predicted octanol–water partition coefficient (Wildman–Crippen LogP) is 0.811. The summed E-state index contributed by atoms with van der Waals surface area (Å²) >= 11 is 3.52. The lowest BCUT2D eigenvalue weighted by molar-refractivity contribution is -0.128. The van der Waals surface area contributed by atoms with Crippen molar-refractivity contribution in [2.24, 2.45) is 7.05 Å². The number of rotatable bonds is 3. The van der Waals surface area contributed by atoms with E-state index in [0.717, 1.165) is 28.8 Å². The molecule has 1 atom stereocenters. The number of hydrogen-bond donors (Lipinski definition) is 1. The number of amides is 1. The molecule has 0 bridgehead atoms. The van der Waals surface area contributed by atoms with Crippen molar-refractivity contribution in [3.05, 3.63) is 15.9 Å². The number of aromatic nitrogens is 2. The fourth-order valence-corrected chi connectivity index (χ4v) is 2.58. The maximum atomic E-state index is 11.7. The van der Waals surface area contributed by atoms with Crippen molar-refractivity contribution in [2.75, 3.05) is 13.6 Å². The molecule has 1 N–H and O–H groups in total. The molecule has 0 aromatic carbocycles. The maximum Gasteiger partial charge on any atom is 0.239 e. The standard InChI is InChI=1S/C11H17BrN4O/c1-7-10(12)9(16(3)14-7)6-13-8-4-5-15(2)11(8)17/h8,13H,4-6H2,1-3H3. The maximum absolute atomic E-state index is 11.7. The van der Waals surface area contributed by atoms with Crippen LogP contribution in [0.25, 0.3) is 0 Å². The minimum Gasteiger partial charge on any atom is -0.344 e. The average molecular weight is 301 g/mol. The van der Waals surface area contributed by atoms with Gasteiger partial charge < -0.3 is 10.2 Å². The first-order valence-electron chi connectivity index (χ1n) is 5.67. The van der Waals surface area contributed by atoms with Gasteiger partial charge in [0.05, 0.1) is 21.9 Å². The van der Waals surface area contributed by atoms with Crippen molar-refractivity contribution >= 4 is 21.8 Å². The molecule has 1 amide bonds. The number of hydrogen-bond acceptors (Lipinski definition) is 3. The van der Waals surface area contributed by atoms with E-state index in [1.165, 1.54) is 0 Å². The Hall–Kier alpha value is -0.880. The summed E-state index contributed by atoms with van der Waals surface area (Å²) in [5.41, 5.74) is 2.05. The van der Waals surface area contributed by atoms with E-state index in [1.807, 2.05) is 25.7 Å². The summed E-state index contributed by atoms with van der Waals surface area (Å²) in [6.45, 7) is 3.45. The van der Waals surface area contributed by atoms with E-state index in [-0.39, 0.29) is 11.9 Å². The second kappa shape index (κ2) is 4.78. The zero-order valence-corrected chi connectivity index (χ0v) is 11.9. The lowest BCUT2D eigenvalue weighted by atomic mass is 10.2. The molecule has 1 aromatic rings. The van der Waals surface area contributed by atoms with Crippen molar-refractivity contribution in [1.82, 2.24) is 20.0 Å². The van der Waals surface area contributed by atoms with Crippen molar-refractivity contribution in [1.29, 1.82) is 0 Å². The van der Waals surface area contributed by atoms with E-state index < -0.39 is 0 Å². The molecule has 17 heavy (non-hydrogen) atoms. The molecular formula is C11H17BrN4O. The normalized spacial score (nSPS) is 20.4. The third kappa shape index (κ3) is 2.37. The van der Waals surface area contributed by atoms with Crippen LogP contribution in [0.2, 0.25) is 0 Å². The third-order valence-corrected chi connectivity index (χ3v) is 4.24. The van der Waals surface area contributed by atoms with Crippen LogP contribution in [0.4, 0.5) is 0 Å². The van der Waals surface area contributed by atoms with Crippen LogP contribution in [0.15, 0.2) is 4.47 Å². The smallest absolute Gasteiger partial charge is 0.239 e. The van der Waals surface area contributed by atoms with Crippen molar-refractivity contribution in [3.63, 3.8) is 0 Å². The Morgan fingerprint density at radius 2 is 2.24 bits per heavy atom. The van der Waals surface area contributed by atoms with Gasteiger partial charge in [-0.1, -0.05) is 0 Å². The Labute approximate surface area is 109 Å². The number of aryl methyl sites for hydroxylation is 2. The molecule has 0 spiro atoms. The van der Waals surface area contributed by atoms with Gasteiger partial charge in [-0.3, -0.25) is 9.48 Å². The highest BCUT2D eigenvalue weighted by Gasteiger charge is 2.28. The molecule has 0 radical (unpaired) electrons. The van der Waals surface area contributed by atoms with Gasteiger partial charge in [0.1, 0.15) is 0 Å². The minimum atomic E-state index is -0.0536. The first-order chi connectivity index (χ1) is 8.00. The number of halogens is 1. The monoisotopic (exact) mass is 300 g/mol. The second-order valence-corrected chi connectivity index (χ2v) is 5.24. The molecule has 5 nitrogen and oxygen atoms in total. The topological polar surface area (TPSA) is 50.2 Å². The Morgan fingerprint density at radius 1 is 1.53 bits per heavy atom.